The molecule has 0 spiro atoms. The molecule has 0 aliphatic carbocycles. The Hall–Kier alpha value is -13.3. The number of hydrogen-bond acceptors (Lipinski definition) is 7. The highest BCUT2D eigenvalue weighted by Gasteiger charge is 2.49. The Balaban J connectivity index is 0.776. The van der Waals surface area contributed by atoms with Gasteiger partial charge in [0.2, 0.25) is 0 Å². The number of para-hydroxylation sites is 6. The van der Waals surface area contributed by atoms with Crippen molar-refractivity contribution in [3.63, 3.8) is 0 Å². The summed E-state index contributed by atoms with van der Waals surface area (Å²) in [5.74, 6) is 0. The van der Waals surface area contributed by atoms with Crippen LogP contribution in [-0.2, 0) is 0 Å². The summed E-state index contributed by atoms with van der Waals surface area (Å²) < 4.78 is 14.7. The molecule has 1 unspecified atom stereocenters. The minimum atomic E-state index is -3.19. The molecule has 11 heteroatoms. The highest BCUT2D eigenvalue weighted by atomic mass is 28.3. The van der Waals surface area contributed by atoms with Crippen molar-refractivity contribution >= 4 is 212 Å². The van der Waals surface area contributed by atoms with Gasteiger partial charge in [0.25, 0.3) is 13.4 Å². The molecule has 0 saturated heterocycles. The summed E-state index contributed by atoms with van der Waals surface area (Å²) in [6.45, 7) is 13.8. The summed E-state index contributed by atoms with van der Waals surface area (Å²) in [6, 6.07) is 135. The average Bonchev–Trinajstić information content (AvgIpc) is 1.65. The molecular formula is C102H77B2N5O2Si2. The van der Waals surface area contributed by atoms with E-state index in [9.17, 15) is 0 Å². The Kier molecular flexibility index (Phi) is 15.1. The second-order valence-electron chi connectivity index (χ2n) is 32.2. The minimum absolute atomic E-state index is 0.144. The maximum absolute atomic E-state index is 7.36. The van der Waals surface area contributed by atoms with Gasteiger partial charge in [0.15, 0.2) is 11.2 Å². The Morgan fingerprint density at radius 2 is 0.699 bits per heavy atom. The summed E-state index contributed by atoms with van der Waals surface area (Å²) in [6.07, 6.45) is 0. The number of hydrogen-bond donors (Lipinski definition) is 0. The van der Waals surface area contributed by atoms with Crippen molar-refractivity contribution in [2.75, 3.05) is 24.5 Å². The van der Waals surface area contributed by atoms with Crippen molar-refractivity contribution in [3.05, 3.63) is 369 Å². The Morgan fingerprint density at radius 1 is 0.274 bits per heavy atom. The summed E-state index contributed by atoms with van der Waals surface area (Å²) in [4.78, 5) is 12.6. The zero-order valence-electron chi connectivity index (χ0n) is 63.8. The van der Waals surface area contributed by atoms with Crippen molar-refractivity contribution in [2.45, 2.75) is 40.0 Å². The van der Waals surface area contributed by atoms with Crippen LogP contribution in [0.4, 0.5) is 85.3 Å². The van der Waals surface area contributed by atoms with Gasteiger partial charge in [-0.3, -0.25) is 0 Å². The fraction of sp³-hybridized carbons (Fsp3) is 0.0588. The molecule has 0 N–H and O–H groups in total. The van der Waals surface area contributed by atoms with Crippen LogP contribution in [0, 0.1) is 13.8 Å². The highest BCUT2D eigenvalue weighted by molar-refractivity contribution is 7.11. The van der Waals surface area contributed by atoms with Crippen molar-refractivity contribution < 1.29 is 8.83 Å². The van der Waals surface area contributed by atoms with Crippen LogP contribution in [0.15, 0.2) is 367 Å². The summed E-state index contributed by atoms with van der Waals surface area (Å²) >= 11 is 0. The molecule has 6 heterocycles. The molecule has 113 heavy (non-hydrogen) atoms. The second kappa shape index (κ2) is 25.6. The van der Waals surface area contributed by atoms with Gasteiger partial charge in [-0.2, -0.15) is 0 Å². The van der Waals surface area contributed by atoms with Crippen molar-refractivity contribution in [2.24, 2.45) is 0 Å². The molecule has 4 aliphatic heterocycles. The van der Waals surface area contributed by atoms with E-state index < -0.39 is 16.1 Å². The maximum Gasteiger partial charge on any atom is 0.252 e. The molecule has 0 radical (unpaired) electrons. The number of benzene rings is 16. The van der Waals surface area contributed by atoms with Gasteiger partial charge in [0.05, 0.1) is 25.1 Å². The predicted octanol–water partition coefficient (Wildman–Crippen LogP) is 21.0. The topological polar surface area (TPSA) is 42.5 Å². The van der Waals surface area contributed by atoms with Crippen molar-refractivity contribution in [1.82, 2.24) is 0 Å². The highest BCUT2D eigenvalue weighted by Crippen LogP contribution is 2.52. The van der Waals surface area contributed by atoms with E-state index in [-0.39, 0.29) is 13.4 Å². The number of furan rings is 2. The van der Waals surface area contributed by atoms with Gasteiger partial charge in [0, 0.05) is 89.8 Å². The molecule has 18 aromatic rings. The first-order valence-electron chi connectivity index (χ1n) is 39.4. The third-order valence-electron chi connectivity index (χ3n) is 24.6. The molecule has 0 bridgehead atoms. The molecule has 2 aromatic heterocycles. The number of rotatable bonds is 12. The molecule has 0 fully saturated rings. The fourth-order valence-corrected chi connectivity index (χ4v) is 23.9. The summed E-state index contributed by atoms with van der Waals surface area (Å²) in [7, 11) is -4.81. The van der Waals surface area contributed by atoms with Gasteiger partial charge < -0.3 is 33.3 Å². The first-order chi connectivity index (χ1) is 55.4. The fourth-order valence-electron chi connectivity index (χ4n) is 19.2. The van der Waals surface area contributed by atoms with Crippen molar-refractivity contribution in [3.8, 4) is 11.1 Å². The molecule has 4 aliphatic rings. The lowest BCUT2D eigenvalue weighted by atomic mass is 9.33. The van der Waals surface area contributed by atoms with E-state index in [2.05, 4.69) is 422 Å². The van der Waals surface area contributed by atoms with E-state index in [0.29, 0.717) is 0 Å². The van der Waals surface area contributed by atoms with Crippen molar-refractivity contribution in [1.29, 1.82) is 0 Å². The van der Waals surface area contributed by atoms with Gasteiger partial charge in [-0.15, -0.1) is 0 Å². The van der Waals surface area contributed by atoms with Crippen LogP contribution in [0.3, 0.4) is 0 Å². The summed E-state index contributed by atoms with van der Waals surface area (Å²) in [5, 5.41) is 9.68. The van der Waals surface area contributed by atoms with Crippen LogP contribution in [0.5, 0.6) is 0 Å². The standard InChI is InChI=1S/C102H77B2N5O2Si2/c1-66-44-51-81-83-53-55-86-99(101(83)110-95(81)58-66)108(73-35-19-10-20-36-73)93-64-80(65-94-98(93)104(86)87-56-54-84-82-52-45-67(2)59-96(82)111-102(84)100(87)109(94)74-37-21-11-22-38-74)113(6,78-39-23-12-24-40-78)79-41-27-28-68(60-79)69-46-57-90-88(61-69)103-85-42-25-26-43-89(85)106(71-31-15-8-16-32-71)91-62-76(63-92(97(91)103)107(90)72-33-17-9-18-34-72)105(70-29-13-7-14-30-70)75-47-49-77(50-48-75)112(3,4)5/h7-65H,1-6H3. The molecule has 0 saturated carbocycles. The largest absolute Gasteiger partial charge is 0.454 e. The number of nitrogens with zero attached hydrogens (tertiary/aromatic N) is 5. The van der Waals surface area contributed by atoms with Crippen LogP contribution in [0.1, 0.15) is 11.1 Å². The third kappa shape index (κ3) is 10.3. The SMILES string of the molecule is Cc1ccc2c(c1)oc1c3c(ccc12)B1c2ccc4c(oc5cc(C)ccc54)c2N(c2ccccc2)c2cc([Si](C)(c4ccccc4)c4cccc(-c5ccc6c(c5)B5c7ccccc7N(c7ccccc7)c7cc(N(c8ccccc8)c8ccc([Si](C)(C)C)cc8)cc(c75)N6c5ccccc5)c4)cc(c21)N3c1ccccc1. The van der Waals surface area contributed by atoms with E-state index in [4.69, 9.17) is 8.83 Å². The Morgan fingerprint density at radius 3 is 1.22 bits per heavy atom. The molecule has 1 atom stereocenters. The summed E-state index contributed by atoms with van der Waals surface area (Å²) in [5.41, 5.74) is 32.0. The van der Waals surface area contributed by atoms with Gasteiger partial charge >= 0.3 is 0 Å². The number of fused-ring (bicyclic) bond motifs is 16. The normalized spacial score (nSPS) is 13.7. The maximum atomic E-state index is 7.36. The smallest absolute Gasteiger partial charge is 0.252 e. The molecule has 0 amide bonds. The molecular weight excluding hydrogens is 1400 g/mol. The van der Waals surface area contributed by atoms with Crippen LogP contribution in [-0.4, -0.2) is 29.6 Å². The average molecular weight is 1480 g/mol. The van der Waals surface area contributed by atoms with E-state index >= 15 is 0 Å². The van der Waals surface area contributed by atoms with E-state index in [0.717, 1.165) is 151 Å². The van der Waals surface area contributed by atoms with E-state index in [1.165, 1.54) is 53.5 Å². The quantitative estimate of drug-likeness (QED) is 0.0892. The third-order valence-corrected chi connectivity index (χ3v) is 31.0. The van der Waals surface area contributed by atoms with E-state index in [1.54, 1.807) is 0 Å². The first-order valence-corrected chi connectivity index (χ1v) is 45.4. The molecule has 536 valence electrons. The molecule has 22 rings (SSSR count). The van der Waals surface area contributed by atoms with Gasteiger partial charge in [0.1, 0.15) is 19.2 Å². The second-order valence-corrected chi connectivity index (χ2v) is 41.3. The Bertz CT molecular complexity index is 6670. The van der Waals surface area contributed by atoms with Crippen LogP contribution in [0.2, 0.25) is 26.2 Å². The monoisotopic (exact) mass is 1480 g/mol. The number of aryl methyl sites for hydroxylation is 2. The van der Waals surface area contributed by atoms with Gasteiger partial charge in [-0.1, -0.05) is 268 Å². The van der Waals surface area contributed by atoms with Gasteiger partial charge in [-0.05, 0) is 206 Å². The zero-order chi connectivity index (χ0) is 75.5. The molecule has 7 nitrogen and oxygen atoms in total. The first kappa shape index (κ1) is 66.7. The Labute approximate surface area is 661 Å². The van der Waals surface area contributed by atoms with Crippen LogP contribution >= 0.6 is 0 Å². The predicted molar refractivity (Wildman–Crippen MR) is 485 cm³/mol. The van der Waals surface area contributed by atoms with Gasteiger partial charge in [-0.25, -0.2) is 0 Å². The number of anilines is 15. The lowest BCUT2D eigenvalue weighted by Crippen LogP contribution is -2.66. The lowest BCUT2D eigenvalue weighted by molar-refractivity contribution is 0.669. The van der Waals surface area contributed by atoms with E-state index in [1.807, 2.05) is 0 Å². The van der Waals surface area contributed by atoms with Crippen LogP contribution < -0.4 is 78.0 Å². The lowest BCUT2D eigenvalue weighted by Gasteiger charge is -2.45. The molecule has 16 aromatic carbocycles. The van der Waals surface area contributed by atoms with Crippen LogP contribution in [0.25, 0.3) is 55.0 Å². The zero-order valence-corrected chi connectivity index (χ0v) is 65.8. The minimum Gasteiger partial charge on any atom is -0.454 e.